The molecule has 0 radical (unpaired) electrons. The molecule has 0 saturated heterocycles. The molecule has 1 saturated carbocycles. The van der Waals surface area contributed by atoms with Crippen molar-refractivity contribution in [1.29, 1.82) is 0 Å². The van der Waals surface area contributed by atoms with Gasteiger partial charge in [0.25, 0.3) is 0 Å². The van der Waals surface area contributed by atoms with Crippen LogP contribution in [0.2, 0.25) is 0 Å². The van der Waals surface area contributed by atoms with Crippen molar-refractivity contribution >= 4 is 11.6 Å². The minimum atomic E-state index is -0.147. The van der Waals surface area contributed by atoms with Crippen LogP contribution < -0.4 is 10.6 Å². The van der Waals surface area contributed by atoms with Gasteiger partial charge in [0.15, 0.2) is 0 Å². The quantitative estimate of drug-likeness (QED) is 0.873. The SMILES string of the molecule is CC(NC1CCCCC1C)C(=O)Nc1ccccc1. The van der Waals surface area contributed by atoms with E-state index in [0.717, 1.165) is 5.69 Å². The van der Waals surface area contributed by atoms with Gasteiger partial charge in [0.1, 0.15) is 0 Å². The Labute approximate surface area is 115 Å². The highest BCUT2D eigenvalue weighted by Crippen LogP contribution is 2.24. The molecule has 1 aliphatic rings. The van der Waals surface area contributed by atoms with Gasteiger partial charge in [0.05, 0.1) is 6.04 Å². The van der Waals surface area contributed by atoms with Crippen molar-refractivity contribution in [2.24, 2.45) is 5.92 Å². The zero-order valence-electron chi connectivity index (χ0n) is 11.9. The maximum Gasteiger partial charge on any atom is 0.241 e. The van der Waals surface area contributed by atoms with Gasteiger partial charge in [-0.05, 0) is 37.8 Å². The van der Waals surface area contributed by atoms with E-state index in [4.69, 9.17) is 0 Å². The molecule has 0 spiro atoms. The number of nitrogens with one attached hydrogen (secondary N) is 2. The van der Waals surface area contributed by atoms with Gasteiger partial charge in [0, 0.05) is 11.7 Å². The van der Waals surface area contributed by atoms with Crippen molar-refractivity contribution in [3.8, 4) is 0 Å². The summed E-state index contributed by atoms with van der Waals surface area (Å²) in [5.41, 5.74) is 0.859. The largest absolute Gasteiger partial charge is 0.325 e. The smallest absolute Gasteiger partial charge is 0.241 e. The third kappa shape index (κ3) is 4.06. The first-order valence-electron chi connectivity index (χ1n) is 7.29. The van der Waals surface area contributed by atoms with E-state index in [-0.39, 0.29) is 11.9 Å². The minimum absolute atomic E-state index is 0.0453. The van der Waals surface area contributed by atoms with Crippen LogP contribution in [0.5, 0.6) is 0 Å². The molecule has 104 valence electrons. The molecule has 0 bridgehead atoms. The lowest BCUT2D eigenvalue weighted by atomic mass is 9.85. The summed E-state index contributed by atoms with van der Waals surface area (Å²) in [6, 6.07) is 9.95. The molecule has 19 heavy (non-hydrogen) atoms. The summed E-state index contributed by atoms with van der Waals surface area (Å²) in [4.78, 5) is 12.1. The number of carbonyl (C=O) groups excluding carboxylic acids is 1. The summed E-state index contributed by atoms with van der Waals surface area (Å²) in [5.74, 6) is 0.713. The third-order valence-electron chi connectivity index (χ3n) is 4.01. The zero-order chi connectivity index (χ0) is 13.7. The number of carbonyl (C=O) groups is 1. The Morgan fingerprint density at radius 2 is 1.89 bits per heavy atom. The second-order valence-electron chi connectivity index (χ2n) is 5.61. The van der Waals surface area contributed by atoms with Crippen LogP contribution in [0, 0.1) is 5.92 Å². The number of rotatable bonds is 4. The molecule has 0 aromatic heterocycles. The van der Waals surface area contributed by atoms with Crippen molar-refractivity contribution in [2.75, 3.05) is 5.32 Å². The molecule has 0 aliphatic heterocycles. The molecular formula is C16H24N2O. The maximum atomic E-state index is 12.1. The van der Waals surface area contributed by atoms with E-state index in [2.05, 4.69) is 17.6 Å². The summed E-state index contributed by atoms with van der Waals surface area (Å²) in [6.07, 6.45) is 5.05. The Balaban J connectivity index is 1.85. The number of hydrogen-bond donors (Lipinski definition) is 2. The summed E-state index contributed by atoms with van der Waals surface area (Å²) in [7, 11) is 0. The van der Waals surface area contributed by atoms with Gasteiger partial charge < -0.3 is 10.6 Å². The molecule has 1 aromatic carbocycles. The van der Waals surface area contributed by atoms with E-state index in [1.165, 1.54) is 25.7 Å². The van der Waals surface area contributed by atoms with Gasteiger partial charge in [-0.25, -0.2) is 0 Å². The summed E-state index contributed by atoms with van der Waals surface area (Å²) in [5, 5.41) is 6.42. The van der Waals surface area contributed by atoms with E-state index in [1.807, 2.05) is 37.3 Å². The van der Waals surface area contributed by atoms with Crippen LogP contribution in [0.15, 0.2) is 30.3 Å². The second-order valence-corrected chi connectivity index (χ2v) is 5.61. The fourth-order valence-corrected chi connectivity index (χ4v) is 2.73. The van der Waals surface area contributed by atoms with E-state index in [0.29, 0.717) is 12.0 Å². The third-order valence-corrected chi connectivity index (χ3v) is 4.01. The van der Waals surface area contributed by atoms with Gasteiger partial charge in [-0.1, -0.05) is 38.0 Å². The van der Waals surface area contributed by atoms with Gasteiger partial charge in [-0.3, -0.25) is 4.79 Å². The molecule has 3 atom stereocenters. The van der Waals surface area contributed by atoms with Crippen LogP contribution in [0.1, 0.15) is 39.5 Å². The number of anilines is 1. The zero-order valence-corrected chi connectivity index (χ0v) is 11.9. The van der Waals surface area contributed by atoms with Gasteiger partial charge in [-0.2, -0.15) is 0 Å². The molecule has 2 N–H and O–H groups in total. The fourth-order valence-electron chi connectivity index (χ4n) is 2.73. The Hall–Kier alpha value is -1.35. The molecule has 3 unspecified atom stereocenters. The van der Waals surface area contributed by atoms with Crippen LogP contribution in [0.3, 0.4) is 0 Å². The molecule has 1 aliphatic carbocycles. The predicted molar refractivity (Wildman–Crippen MR) is 79.1 cm³/mol. The number of para-hydroxylation sites is 1. The molecule has 3 nitrogen and oxygen atoms in total. The van der Waals surface area contributed by atoms with Gasteiger partial charge >= 0.3 is 0 Å². The summed E-state index contributed by atoms with van der Waals surface area (Å²) in [6.45, 7) is 4.22. The molecule has 2 rings (SSSR count). The highest BCUT2D eigenvalue weighted by molar-refractivity contribution is 5.94. The van der Waals surface area contributed by atoms with Crippen LogP contribution in [-0.4, -0.2) is 18.0 Å². The normalized spacial score (nSPS) is 24.7. The summed E-state index contributed by atoms with van der Waals surface area (Å²) >= 11 is 0. The summed E-state index contributed by atoms with van der Waals surface area (Å²) < 4.78 is 0. The fraction of sp³-hybridized carbons (Fsp3) is 0.562. The van der Waals surface area contributed by atoms with Crippen LogP contribution in [0.4, 0.5) is 5.69 Å². The Kier molecular flexibility index (Phi) is 4.97. The maximum absolute atomic E-state index is 12.1. The monoisotopic (exact) mass is 260 g/mol. The first-order chi connectivity index (χ1) is 9.16. The highest BCUT2D eigenvalue weighted by Gasteiger charge is 2.24. The lowest BCUT2D eigenvalue weighted by Gasteiger charge is -2.31. The van der Waals surface area contributed by atoms with Crippen molar-refractivity contribution in [1.82, 2.24) is 5.32 Å². The van der Waals surface area contributed by atoms with E-state index >= 15 is 0 Å². The second kappa shape index (κ2) is 6.71. The predicted octanol–water partition coefficient (Wildman–Crippen LogP) is 3.18. The number of benzene rings is 1. The Morgan fingerprint density at radius 1 is 1.21 bits per heavy atom. The van der Waals surface area contributed by atoms with Crippen LogP contribution in [0.25, 0.3) is 0 Å². The van der Waals surface area contributed by atoms with Crippen LogP contribution >= 0.6 is 0 Å². The van der Waals surface area contributed by atoms with Crippen molar-refractivity contribution in [3.05, 3.63) is 30.3 Å². The van der Waals surface area contributed by atoms with Crippen molar-refractivity contribution < 1.29 is 4.79 Å². The molecule has 1 fully saturated rings. The van der Waals surface area contributed by atoms with Crippen molar-refractivity contribution in [2.45, 2.75) is 51.6 Å². The van der Waals surface area contributed by atoms with Crippen LogP contribution in [-0.2, 0) is 4.79 Å². The Bertz CT molecular complexity index is 404. The first kappa shape index (κ1) is 14.1. The highest BCUT2D eigenvalue weighted by atomic mass is 16.2. The van der Waals surface area contributed by atoms with E-state index in [1.54, 1.807) is 0 Å². The molecular weight excluding hydrogens is 236 g/mol. The van der Waals surface area contributed by atoms with Gasteiger partial charge in [-0.15, -0.1) is 0 Å². The Morgan fingerprint density at radius 3 is 2.58 bits per heavy atom. The molecule has 1 aromatic rings. The lowest BCUT2D eigenvalue weighted by molar-refractivity contribution is -0.118. The van der Waals surface area contributed by atoms with Crippen molar-refractivity contribution in [3.63, 3.8) is 0 Å². The average molecular weight is 260 g/mol. The van der Waals surface area contributed by atoms with Gasteiger partial charge in [0.2, 0.25) is 5.91 Å². The molecule has 0 heterocycles. The lowest BCUT2D eigenvalue weighted by Crippen LogP contribution is -2.47. The average Bonchev–Trinajstić information content (AvgIpc) is 2.42. The number of amides is 1. The topological polar surface area (TPSA) is 41.1 Å². The first-order valence-corrected chi connectivity index (χ1v) is 7.29. The standard InChI is InChI=1S/C16H24N2O/c1-12-8-6-7-11-15(12)17-13(2)16(19)18-14-9-4-3-5-10-14/h3-5,9-10,12-13,15,17H,6-8,11H2,1-2H3,(H,18,19). The van der Waals surface area contributed by atoms with E-state index in [9.17, 15) is 4.79 Å². The molecule has 1 amide bonds. The van der Waals surface area contributed by atoms with E-state index < -0.39 is 0 Å². The number of hydrogen-bond acceptors (Lipinski definition) is 2. The minimum Gasteiger partial charge on any atom is -0.325 e. The molecule has 3 heteroatoms.